The van der Waals surface area contributed by atoms with Gasteiger partial charge in [-0.15, -0.1) is 0 Å². The lowest BCUT2D eigenvalue weighted by molar-refractivity contribution is -0.336. The molecule has 1 unspecified atom stereocenters. The third-order valence-corrected chi connectivity index (χ3v) is 3.54. The highest BCUT2D eigenvalue weighted by atomic mass is 19.4. The van der Waals surface area contributed by atoms with Gasteiger partial charge in [-0.2, -0.15) is 22.0 Å². The molecule has 0 fully saturated rings. The minimum Gasteiger partial charge on any atom is -0.497 e. The fourth-order valence-corrected chi connectivity index (χ4v) is 2.30. The third-order valence-electron chi connectivity index (χ3n) is 3.54. The van der Waals surface area contributed by atoms with Crippen LogP contribution in [-0.2, 0) is 5.60 Å². The summed E-state index contributed by atoms with van der Waals surface area (Å²) >= 11 is 0. The number of halogens is 6. The van der Waals surface area contributed by atoms with Crippen LogP contribution < -0.4 is 4.74 Å². The van der Waals surface area contributed by atoms with Gasteiger partial charge in [0.15, 0.2) is 5.60 Å². The van der Waals surface area contributed by atoms with Gasteiger partial charge in [0.25, 0.3) is 0 Å². The first-order valence-corrected chi connectivity index (χ1v) is 6.61. The predicted molar refractivity (Wildman–Crippen MR) is 73.4 cm³/mol. The Balaban J connectivity index is 2.79. The zero-order chi connectivity index (χ0) is 18.2. The SMILES string of the molecule is COc1cccc(C(O)(c2cccc(F)c2)C(F)(F)C(F)(F)F)c1. The van der Waals surface area contributed by atoms with E-state index in [9.17, 15) is 31.4 Å². The van der Waals surface area contributed by atoms with Crippen LogP contribution in [0.1, 0.15) is 11.1 Å². The second-order valence-corrected chi connectivity index (χ2v) is 5.02. The molecular weight excluding hydrogens is 338 g/mol. The predicted octanol–water partition coefficient (Wildman–Crippen LogP) is 4.27. The lowest BCUT2D eigenvalue weighted by Crippen LogP contribution is -2.55. The second-order valence-electron chi connectivity index (χ2n) is 5.02. The molecule has 0 bridgehead atoms. The average molecular weight is 350 g/mol. The molecule has 2 aromatic carbocycles. The Hall–Kier alpha value is -2.22. The third kappa shape index (κ3) is 2.82. The Bertz CT molecular complexity index is 729. The van der Waals surface area contributed by atoms with Gasteiger partial charge in [0, 0.05) is 0 Å². The molecule has 0 amide bonds. The minimum absolute atomic E-state index is 0.0414. The average Bonchev–Trinajstić information content (AvgIpc) is 2.52. The number of alkyl halides is 5. The molecule has 0 aliphatic rings. The van der Waals surface area contributed by atoms with E-state index in [2.05, 4.69) is 0 Å². The first-order valence-electron chi connectivity index (χ1n) is 6.61. The van der Waals surface area contributed by atoms with Gasteiger partial charge in [-0.1, -0.05) is 24.3 Å². The quantitative estimate of drug-likeness (QED) is 0.835. The molecular formula is C16H12F6O2. The lowest BCUT2D eigenvalue weighted by atomic mass is 9.80. The van der Waals surface area contributed by atoms with Crippen LogP contribution in [0.3, 0.4) is 0 Å². The van der Waals surface area contributed by atoms with Crippen molar-refractivity contribution in [2.24, 2.45) is 0 Å². The van der Waals surface area contributed by atoms with E-state index in [1.165, 1.54) is 13.2 Å². The van der Waals surface area contributed by atoms with Gasteiger partial charge >= 0.3 is 12.1 Å². The van der Waals surface area contributed by atoms with Crippen molar-refractivity contribution in [3.63, 3.8) is 0 Å². The fraction of sp³-hybridized carbons (Fsp3) is 0.250. The second kappa shape index (κ2) is 6.01. The topological polar surface area (TPSA) is 29.5 Å². The van der Waals surface area contributed by atoms with Crippen LogP contribution in [0.15, 0.2) is 48.5 Å². The lowest BCUT2D eigenvalue weighted by Gasteiger charge is -2.37. The molecule has 1 atom stereocenters. The monoisotopic (exact) mass is 350 g/mol. The van der Waals surface area contributed by atoms with Crippen LogP contribution in [0.5, 0.6) is 5.75 Å². The zero-order valence-corrected chi connectivity index (χ0v) is 12.2. The summed E-state index contributed by atoms with van der Waals surface area (Å²) in [6.45, 7) is 0. The molecule has 0 saturated heterocycles. The largest absolute Gasteiger partial charge is 0.497 e. The Kier molecular flexibility index (Phi) is 4.54. The molecule has 24 heavy (non-hydrogen) atoms. The van der Waals surface area contributed by atoms with Gasteiger partial charge in [-0.25, -0.2) is 4.39 Å². The smallest absolute Gasteiger partial charge is 0.457 e. The van der Waals surface area contributed by atoms with Crippen molar-refractivity contribution >= 4 is 0 Å². The van der Waals surface area contributed by atoms with Crippen LogP contribution in [0, 0.1) is 5.82 Å². The van der Waals surface area contributed by atoms with Gasteiger partial charge in [-0.05, 0) is 35.4 Å². The molecule has 2 rings (SSSR count). The highest BCUT2D eigenvalue weighted by Crippen LogP contribution is 2.52. The van der Waals surface area contributed by atoms with Gasteiger partial charge in [0.05, 0.1) is 7.11 Å². The molecule has 0 aliphatic carbocycles. The van der Waals surface area contributed by atoms with E-state index in [0.29, 0.717) is 6.07 Å². The number of ether oxygens (including phenoxy) is 1. The van der Waals surface area contributed by atoms with Crippen LogP contribution in [-0.4, -0.2) is 24.3 Å². The van der Waals surface area contributed by atoms with Gasteiger partial charge in [0.1, 0.15) is 11.6 Å². The number of aliphatic hydroxyl groups is 1. The first-order chi connectivity index (χ1) is 11.0. The maximum atomic E-state index is 14.2. The molecule has 0 heterocycles. The summed E-state index contributed by atoms with van der Waals surface area (Å²) in [5, 5.41) is 10.5. The van der Waals surface area contributed by atoms with E-state index in [-0.39, 0.29) is 5.75 Å². The van der Waals surface area contributed by atoms with Gasteiger partial charge in [0.2, 0.25) is 0 Å². The Morgan fingerprint density at radius 2 is 1.42 bits per heavy atom. The van der Waals surface area contributed by atoms with E-state index in [1.54, 1.807) is 0 Å². The molecule has 8 heteroatoms. The number of methoxy groups -OCH3 is 1. The molecule has 0 saturated carbocycles. The summed E-state index contributed by atoms with van der Waals surface area (Å²) in [4.78, 5) is 0. The van der Waals surface area contributed by atoms with Crippen LogP contribution in [0.2, 0.25) is 0 Å². The molecule has 0 aromatic heterocycles. The van der Waals surface area contributed by atoms with Crippen LogP contribution >= 0.6 is 0 Å². The van der Waals surface area contributed by atoms with Crippen LogP contribution in [0.4, 0.5) is 26.3 Å². The van der Waals surface area contributed by atoms with Crippen molar-refractivity contribution in [3.8, 4) is 5.75 Å². The van der Waals surface area contributed by atoms with Gasteiger partial charge in [-0.3, -0.25) is 0 Å². The van der Waals surface area contributed by atoms with Crippen molar-refractivity contribution in [2.45, 2.75) is 17.7 Å². The maximum absolute atomic E-state index is 14.2. The highest BCUT2D eigenvalue weighted by Gasteiger charge is 2.71. The fourth-order valence-electron chi connectivity index (χ4n) is 2.30. The molecule has 2 aromatic rings. The summed E-state index contributed by atoms with van der Waals surface area (Å²) in [6.07, 6.45) is -6.07. The van der Waals surface area contributed by atoms with Crippen molar-refractivity contribution in [2.75, 3.05) is 7.11 Å². The van der Waals surface area contributed by atoms with Gasteiger partial charge < -0.3 is 9.84 Å². The Labute approximate surface area is 133 Å². The Morgan fingerprint density at radius 1 is 0.875 bits per heavy atom. The first kappa shape index (κ1) is 18.1. The molecule has 2 nitrogen and oxygen atoms in total. The summed E-state index contributed by atoms with van der Waals surface area (Å²) in [5.74, 6) is -6.69. The van der Waals surface area contributed by atoms with Crippen molar-refractivity contribution in [1.82, 2.24) is 0 Å². The summed E-state index contributed by atoms with van der Waals surface area (Å²) < 4.78 is 85.4. The number of rotatable bonds is 4. The minimum atomic E-state index is -6.07. The molecule has 0 aliphatic heterocycles. The van der Waals surface area contributed by atoms with E-state index in [4.69, 9.17) is 4.74 Å². The maximum Gasteiger partial charge on any atom is 0.457 e. The standard InChI is InChI=1S/C16H12F6O2/c1-24-13-7-3-5-11(9-13)14(23,15(18,19)16(20,21)22)10-4-2-6-12(17)8-10/h2-9,23H,1H3. The van der Waals surface area contributed by atoms with E-state index in [1.807, 2.05) is 0 Å². The number of hydrogen-bond acceptors (Lipinski definition) is 2. The molecule has 130 valence electrons. The van der Waals surface area contributed by atoms with Crippen molar-refractivity contribution < 1.29 is 36.2 Å². The zero-order valence-electron chi connectivity index (χ0n) is 12.2. The normalized spacial score (nSPS) is 15.0. The summed E-state index contributed by atoms with van der Waals surface area (Å²) in [5.41, 5.74) is -5.55. The summed E-state index contributed by atoms with van der Waals surface area (Å²) in [6, 6.07) is 7.19. The van der Waals surface area contributed by atoms with Crippen molar-refractivity contribution in [3.05, 3.63) is 65.5 Å². The van der Waals surface area contributed by atoms with E-state index in [0.717, 1.165) is 36.4 Å². The van der Waals surface area contributed by atoms with E-state index < -0.39 is 34.6 Å². The number of hydrogen-bond donors (Lipinski definition) is 1. The molecule has 0 radical (unpaired) electrons. The molecule has 1 N–H and O–H groups in total. The summed E-state index contributed by atoms with van der Waals surface area (Å²) in [7, 11) is 1.18. The Morgan fingerprint density at radius 3 is 1.92 bits per heavy atom. The molecule has 0 spiro atoms. The van der Waals surface area contributed by atoms with E-state index >= 15 is 0 Å². The number of benzene rings is 2. The highest BCUT2D eigenvalue weighted by molar-refractivity contribution is 5.43. The van der Waals surface area contributed by atoms with Crippen molar-refractivity contribution in [1.29, 1.82) is 0 Å². The van der Waals surface area contributed by atoms with Crippen LogP contribution in [0.25, 0.3) is 0 Å².